The van der Waals surface area contributed by atoms with Crippen LogP contribution in [0.4, 0.5) is 4.39 Å². The molecule has 19 heavy (non-hydrogen) atoms. The smallest absolute Gasteiger partial charge is 0.129 e. The van der Waals surface area contributed by atoms with Gasteiger partial charge in [-0.15, -0.1) is 0 Å². The molecule has 1 unspecified atom stereocenters. The fraction of sp³-hybridized carbons (Fsp3) is 0.600. The Morgan fingerprint density at radius 2 is 2.11 bits per heavy atom. The van der Waals surface area contributed by atoms with Gasteiger partial charge < -0.3 is 5.73 Å². The van der Waals surface area contributed by atoms with Gasteiger partial charge in [0.05, 0.1) is 0 Å². The molecule has 1 saturated carbocycles. The van der Waals surface area contributed by atoms with Crippen LogP contribution in [-0.4, -0.2) is 25.0 Å². The van der Waals surface area contributed by atoms with Crippen LogP contribution < -0.4 is 5.73 Å². The number of rotatable bonds is 5. The van der Waals surface area contributed by atoms with E-state index < -0.39 is 0 Å². The van der Waals surface area contributed by atoms with Gasteiger partial charge in [0.25, 0.3) is 0 Å². The molecule has 4 heteroatoms. The van der Waals surface area contributed by atoms with E-state index in [9.17, 15) is 4.39 Å². The van der Waals surface area contributed by atoms with E-state index in [-0.39, 0.29) is 11.9 Å². The third-order valence-electron chi connectivity index (χ3n) is 4.10. The second-order valence-electron chi connectivity index (χ2n) is 5.51. The predicted molar refractivity (Wildman–Crippen MR) is 77.8 cm³/mol. The molecule has 106 valence electrons. The van der Waals surface area contributed by atoms with E-state index in [4.69, 9.17) is 17.3 Å². The number of hydrogen-bond acceptors (Lipinski definition) is 2. The highest BCUT2D eigenvalue weighted by atomic mass is 35.5. The second kappa shape index (κ2) is 6.69. The normalized spacial score (nSPS) is 18.2. The van der Waals surface area contributed by atoms with E-state index in [0.29, 0.717) is 17.1 Å². The van der Waals surface area contributed by atoms with Crippen LogP contribution in [0.25, 0.3) is 0 Å². The summed E-state index contributed by atoms with van der Waals surface area (Å²) < 4.78 is 14.0. The zero-order valence-corrected chi connectivity index (χ0v) is 12.2. The third kappa shape index (κ3) is 3.68. The van der Waals surface area contributed by atoms with Crippen molar-refractivity contribution in [2.24, 2.45) is 11.7 Å². The molecule has 2 rings (SSSR count). The van der Waals surface area contributed by atoms with E-state index in [1.54, 1.807) is 12.1 Å². The van der Waals surface area contributed by atoms with Gasteiger partial charge in [-0.2, -0.15) is 0 Å². The van der Waals surface area contributed by atoms with E-state index >= 15 is 0 Å². The highest BCUT2D eigenvalue weighted by molar-refractivity contribution is 6.30. The average molecular weight is 285 g/mol. The largest absolute Gasteiger partial charge is 0.329 e. The number of likely N-dealkylation sites (N-methyl/N-ethyl adjacent to an activating group) is 1. The van der Waals surface area contributed by atoms with Crippen LogP contribution in [0, 0.1) is 11.7 Å². The van der Waals surface area contributed by atoms with Gasteiger partial charge in [0, 0.05) is 29.7 Å². The molecule has 0 saturated heterocycles. The number of halogens is 2. The van der Waals surface area contributed by atoms with Crippen LogP contribution in [0.5, 0.6) is 0 Å². The van der Waals surface area contributed by atoms with Crippen LogP contribution in [0.15, 0.2) is 18.2 Å². The minimum atomic E-state index is -0.263. The molecule has 0 aromatic heterocycles. The molecule has 0 spiro atoms. The highest BCUT2D eigenvalue weighted by Crippen LogP contribution is 2.29. The van der Waals surface area contributed by atoms with Crippen molar-refractivity contribution in [1.29, 1.82) is 0 Å². The molecule has 1 fully saturated rings. The second-order valence-corrected chi connectivity index (χ2v) is 5.94. The maximum atomic E-state index is 14.0. The van der Waals surface area contributed by atoms with Gasteiger partial charge in [-0.25, -0.2) is 4.39 Å². The monoisotopic (exact) mass is 284 g/mol. The quantitative estimate of drug-likeness (QED) is 0.895. The van der Waals surface area contributed by atoms with E-state index in [2.05, 4.69) is 4.90 Å². The molecule has 0 aliphatic heterocycles. The Morgan fingerprint density at radius 1 is 1.42 bits per heavy atom. The minimum Gasteiger partial charge on any atom is -0.329 e. The summed E-state index contributed by atoms with van der Waals surface area (Å²) in [6.07, 6.45) is 5.21. The van der Waals surface area contributed by atoms with Gasteiger partial charge in [-0.05, 0) is 37.9 Å². The third-order valence-corrected chi connectivity index (χ3v) is 4.33. The lowest BCUT2D eigenvalue weighted by molar-refractivity contribution is 0.208. The Morgan fingerprint density at radius 3 is 2.68 bits per heavy atom. The molecular weight excluding hydrogens is 263 g/mol. The van der Waals surface area contributed by atoms with Crippen LogP contribution >= 0.6 is 11.6 Å². The van der Waals surface area contributed by atoms with Gasteiger partial charge in [-0.3, -0.25) is 4.90 Å². The highest BCUT2D eigenvalue weighted by Gasteiger charge is 2.23. The maximum Gasteiger partial charge on any atom is 0.129 e. The Labute approximate surface area is 119 Å². The van der Waals surface area contributed by atoms with Gasteiger partial charge in [-0.1, -0.05) is 30.5 Å². The van der Waals surface area contributed by atoms with E-state index in [1.807, 2.05) is 7.05 Å². The summed E-state index contributed by atoms with van der Waals surface area (Å²) in [5.74, 6) is 0.468. The van der Waals surface area contributed by atoms with Crippen molar-refractivity contribution < 1.29 is 4.39 Å². The van der Waals surface area contributed by atoms with Gasteiger partial charge >= 0.3 is 0 Å². The van der Waals surface area contributed by atoms with E-state index in [0.717, 1.165) is 12.5 Å². The Balaban J connectivity index is 2.09. The SMILES string of the molecule is CN(CC1CCCC1)C(CN)c1ccc(Cl)cc1F. The summed E-state index contributed by atoms with van der Waals surface area (Å²) in [7, 11) is 2.03. The zero-order valence-electron chi connectivity index (χ0n) is 11.4. The number of nitrogens with zero attached hydrogens (tertiary/aromatic N) is 1. The molecule has 0 bridgehead atoms. The number of benzene rings is 1. The zero-order chi connectivity index (χ0) is 13.8. The summed E-state index contributed by atoms with van der Waals surface area (Å²) >= 11 is 5.80. The number of nitrogens with two attached hydrogens (primary N) is 1. The molecule has 2 nitrogen and oxygen atoms in total. The van der Waals surface area contributed by atoms with Crippen molar-refractivity contribution in [3.05, 3.63) is 34.6 Å². The van der Waals surface area contributed by atoms with Gasteiger partial charge in [0.2, 0.25) is 0 Å². The van der Waals surface area contributed by atoms with Crippen LogP contribution in [0.1, 0.15) is 37.3 Å². The number of hydrogen-bond donors (Lipinski definition) is 1. The molecule has 1 aromatic rings. The average Bonchev–Trinajstić information content (AvgIpc) is 2.85. The first-order valence-electron chi connectivity index (χ1n) is 6.97. The topological polar surface area (TPSA) is 29.3 Å². The molecule has 2 N–H and O–H groups in total. The molecule has 0 amide bonds. The Kier molecular flexibility index (Phi) is 5.20. The fourth-order valence-corrected chi connectivity index (χ4v) is 3.20. The van der Waals surface area contributed by atoms with Gasteiger partial charge in [0.15, 0.2) is 0 Å². The minimum absolute atomic E-state index is 0.0714. The van der Waals surface area contributed by atoms with Crippen LogP contribution in [-0.2, 0) is 0 Å². The lowest BCUT2D eigenvalue weighted by atomic mass is 10.0. The molecule has 0 radical (unpaired) electrons. The van der Waals surface area contributed by atoms with E-state index in [1.165, 1.54) is 31.7 Å². The molecule has 1 aromatic carbocycles. The first-order valence-corrected chi connectivity index (χ1v) is 7.35. The Bertz CT molecular complexity index is 419. The van der Waals surface area contributed by atoms with Crippen molar-refractivity contribution in [2.45, 2.75) is 31.7 Å². The predicted octanol–water partition coefficient (Wildman–Crippen LogP) is 3.60. The lowest BCUT2D eigenvalue weighted by Gasteiger charge is -2.30. The van der Waals surface area contributed by atoms with Crippen LogP contribution in [0.2, 0.25) is 5.02 Å². The maximum absolute atomic E-state index is 14.0. The summed E-state index contributed by atoms with van der Waals surface area (Å²) in [5, 5.41) is 0.426. The summed E-state index contributed by atoms with van der Waals surface area (Å²) in [4.78, 5) is 2.18. The Hall–Kier alpha value is -0.640. The first kappa shape index (κ1) is 14.8. The van der Waals surface area contributed by atoms with Crippen molar-refractivity contribution in [2.75, 3.05) is 20.1 Å². The van der Waals surface area contributed by atoms with Gasteiger partial charge in [0.1, 0.15) is 5.82 Å². The van der Waals surface area contributed by atoms with Crippen molar-refractivity contribution in [3.8, 4) is 0 Å². The van der Waals surface area contributed by atoms with Crippen molar-refractivity contribution in [1.82, 2.24) is 4.90 Å². The van der Waals surface area contributed by atoms with Crippen LogP contribution in [0.3, 0.4) is 0 Å². The molecule has 1 aliphatic carbocycles. The van der Waals surface area contributed by atoms with Crippen molar-refractivity contribution in [3.63, 3.8) is 0 Å². The summed E-state index contributed by atoms with van der Waals surface area (Å²) in [6, 6.07) is 4.77. The fourth-order valence-electron chi connectivity index (χ4n) is 3.04. The lowest BCUT2D eigenvalue weighted by Crippen LogP contribution is -2.34. The molecular formula is C15H22ClFN2. The molecule has 0 heterocycles. The first-order chi connectivity index (χ1) is 9.11. The molecule has 1 atom stereocenters. The molecule has 1 aliphatic rings. The van der Waals surface area contributed by atoms with Crippen molar-refractivity contribution >= 4 is 11.6 Å². The summed E-state index contributed by atoms with van der Waals surface area (Å²) in [5.41, 5.74) is 6.49. The standard InChI is InChI=1S/C15H22ClFN2/c1-19(10-11-4-2-3-5-11)15(9-18)13-7-6-12(16)8-14(13)17/h6-8,11,15H,2-5,9-10,18H2,1H3. The summed E-state index contributed by atoms with van der Waals surface area (Å²) in [6.45, 7) is 1.41.